The Labute approximate surface area is 120 Å². The third kappa shape index (κ3) is 3.16. The number of halogens is 1. The van der Waals surface area contributed by atoms with Gasteiger partial charge < -0.3 is 14.8 Å². The van der Waals surface area contributed by atoms with Crippen molar-refractivity contribution >= 4 is 23.3 Å². The zero-order chi connectivity index (χ0) is 14.5. The largest absolute Gasteiger partial charge is 0.497 e. The fourth-order valence-corrected chi connectivity index (χ4v) is 1.72. The van der Waals surface area contributed by atoms with Crippen LogP contribution in [-0.2, 0) is 0 Å². The summed E-state index contributed by atoms with van der Waals surface area (Å²) in [6, 6.07) is 6.45. The highest BCUT2D eigenvalue weighted by atomic mass is 35.5. The number of nitrogens with zero attached hydrogens (tertiary/aromatic N) is 2. The molecule has 1 N–H and O–H groups in total. The second-order valence-corrected chi connectivity index (χ2v) is 4.07. The molecule has 0 aliphatic heterocycles. The third-order valence-electron chi connectivity index (χ3n) is 2.52. The number of amides is 1. The minimum Gasteiger partial charge on any atom is -0.497 e. The van der Waals surface area contributed by atoms with Crippen molar-refractivity contribution in [3.8, 4) is 11.5 Å². The number of aromatic nitrogens is 2. The van der Waals surface area contributed by atoms with Gasteiger partial charge in [0.25, 0.3) is 5.91 Å². The number of hydrogen-bond donors (Lipinski definition) is 1. The van der Waals surface area contributed by atoms with Crippen LogP contribution in [0.25, 0.3) is 0 Å². The van der Waals surface area contributed by atoms with Crippen LogP contribution in [-0.4, -0.2) is 30.1 Å². The predicted octanol–water partition coefficient (Wildman–Crippen LogP) is 2.40. The SMILES string of the molecule is COc1ccc(C(=O)Nc2ccnc(Cl)n2)c(OC)c1. The molecule has 0 fully saturated rings. The Hall–Kier alpha value is -2.34. The first-order chi connectivity index (χ1) is 9.63. The molecule has 0 atom stereocenters. The molecule has 0 spiro atoms. The summed E-state index contributed by atoms with van der Waals surface area (Å²) in [7, 11) is 3.02. The van der Waals surface area contributed by atoms with Gasteiger partial charge in [-0.3, -0.25) is 4.79 Å². The van der Waals surface area contributed by atoms with Crippen molar-refractivity contribution in [2.45, 2.75) is 0 Å². The average molecular weight is 294 g/mol. The van der Waals surface area contributed by atoms with Crippen molar-refractivity contribution < 1.29 is 14.3 Å². The second kappa shape index (κ2) is 6.21. The lowest BCUT2D eigenvalue weighted by atomic mass is 10.1. The molecule has 1 heterocycles. The molecular weight excluding hydrogens is 282 g/mol. The standard InChI is InChI=1S/C13H12ClN3O3/c1-19-8-3-4-9(10(7-8)20-2)12(18)16-11-5-6-15-13(14)17-11/h3-7H,1-2H3,(H,15,16,17,18). The molecule has 1 aromatic carbocycles. The van der Waals surface area contributed by atoms with E-state index in [1.807, 2.05) is 0 Å². The van der Waals surface area contributed by atoms with Gasteiger partial charge in [-0.25, -0.2) is 9.97 Å². The molecule has 2 rings (SSSR count). The summed E-state index contributed by atoms with van der Waals surface area (Å²) in [4.78, 5) is 19.8. The van der Waals surface area contributed by atoms with Crippen LogP contribution in [0.15, 0.2) is 30.5 Å². The Morgan fingerprint density at radius 3 is 2.70 bits per heavy atom. The van der Waals surface area contributed by atoms with Crippen molar-refractivity contribution in [3.05, 3.63) is 41.3 Å². The molecule has 6 nitrogen and oxygen atoms in total. The topological polar surface area (TPSA) is 73.3 Å². The fourth-order valence-electron chi connectivity index (χ4n) is 1.57. The van der Waals surface area contributed by atoms with Crippen LogP contribution in [0.2, 0.25) is 5.28 Å². The van der Waals surface area contributed by atoms with Crippen molar-refractivity contribution in [2.24, 2.45) is 0 Å². The Bertz CT molecular complexity index is 634. The highest BCUT2D eigenvalue weighted by molar-refractivity contribution is 6.28. The van der Waals surface area contributed by atoms with E-state index in [-0.39, 0.29) is 11.2 Å². The summed E-state index contributed by atoms with van der Waals surface area (Å²) in [5.74, 6) is 0.956. The van der Waals surface area contributed by atoms with E-state index >= 15 is 0 Å². The zero-order valence-corrected chi connectivity index (χ0v) is 11.6. The first-order valence-corrected chi connectivity index (χ1v) is 6.03. The Morgan fingerprint density at radius 1 is 1.25 bits per heavy atom. The van der Waals surface area contributed by atoms with Crippen LogP contribution in [0.5, 0.6) is 11.5 Å². The Kier molecular flexibility index (Phi) is 4.37. The smallest absolute Gasteiger partial charge is 0.260 e. The van der Waals surface area contributed by atoms with Gasteiger partial charge in [0.1, 0.15) is 17.3 Å². The van der Waals surface area contributed by atoms with E-state index in [9.17, 15) is 4.79 Å². The molecule has 1 amide bonds. The van der Waals surface area contributed by atoms with Crippen molar-refractivity contribution in [3.63, 3.8) is 0 Å². The number of carbonyl (C=O) groups is 1. The summed E-state index contributed by atoms with van der Waals surface area (Å²) in [6.07, 6.45) is 1.45. The van der Waals surface area contributed by atoms with Crippen LogP contribution < -0.4 is 14.8 Å². The summed E-state index contributed by atoms with van der Waals surface area (Å²) in [5, 5.41) is 2.68. The number of methoxy groups -OCH3 is 2. The zero-order valence-electron chi connectivity index (χ0n) is 10.9. The molecular formula is C13H12ClN3O3. The Morgan fingerprint density at radius 2 is 2.05 bits per heavy atom. The quantitative estimate of drug-likeness (QED) is 0.876. The number of rotatable bonds is 4. The summed E-state index contributed by atoms with van der Waals surface area (Å²) in [6.45, 7) is 0. The summed E-state index contributed by atoms with van der Waals surface area (Å²) in [5.41, 5.74) is 0.364. The van der Waals surface area contributed by atoms with E-state index in [0.29, 0.717) is 22.9 Å². The van der Waals surface area contributed by atoms with Gasteiger partial charge in [0.15, 0.2) is 0 Å². The Balaban J connectivity index is 2.25. The average Bonchev–Trinajstić information content (AvgIpc) is 2.46. The van der Waals surface area contributed by atoms with Gasteiger partial charge in [-0.2, -0.15) is 0 Å². The van der Waals surface area contributed by atoms with Crippen molar-refractivity contribution in [2.75, 3.05) is 19.5 Å². The highest BCUT2D eigenvalue weighted by Gasteiger charge is 2.14. The summed E-state index contributed by atoms with van der Waals surface area (Å²) < 4.78 is 10.2. The van der Waals surface area contributed by atoms with Gasteiger partial charge >= 0.3 is 0 Å². The molecule has 0 unspecified atom stereocenters. The van der Waals surface area contributed by atoms with Crippen LogP contribution in [0.4, 0.5) is 5.82 Å². The van der Waals surface area contributed by atoms with E-state index in [4.69, 9.17) is 21.1 Å². The number of hydrogen-bond acceptors (Lipinski definition) is 5. The lowest BCUT2D eigenvalue weighted by molar-refractivity contribution is 0.102. The first-order valence-electron chi connectivity index (χ1n) is 5.66. The predicted molar refractivity (Wildman–Crippen MR) is 74.5 cm³/mol. The maximum Gasteiger partial charge on any atom is 0.260 e. The molecule has 0 bridgehead atoms. The molecule has 1 aromatic heterocycles. The first kappa shape index (κ1) is 14.1. The van der Waals surface area contributed by atoms with E-state index < -0.39 is 0 Å². The van der Waals surface area contributed by atoms with Gasteiger partial charge in [-0.1, -0.05) is 0 Å². The van der Waals surface area contributed by atoms with E-state index in [0.717, 1.165) is 0 Å². The van der Waals surface area contributed by atoms with Gasteiger partial charge in [-0.05, 0) is 29.8 Å². The molecule has 7 heteroatoms. The van der Waals surface area contributed by atoms with Gasteiger partial charge in [0.2, 0.25) is 5.28 Å². The fraction of sp³-hybridized carbons (Fsp3) is 0.154. The molecule has 0 aliphatic carbocycles. The van der Waals surface area contributed by atoms with Crippen molar-refractivity contribution in [1.29, 1.82) is 0 Å². The molecule has 104 valence electrons. The molecule has 0 aliphatic rings. The van der Waals surface area contributed by atoms with Crippen molar-refractivity contribution in [1.82, 2.24) is 9.97 Å². The molecule has 0 saturated carbocycles. The number of ether oxygens (including phenoxy) is 2. The monoisotopic (exact) mass is 293 g/mol. The second-order valence-electron chi connectivity index (χ2n) is 3.73. The molecule has 2 aromatic rings. The lowest BCUT2D eigenvalue weighted by Crippen LogP contribution is -2.14. The van der Waals surface area contributed by atoms with E-state index in [1.165, 1.54) is 20.4 Å². The summed E-state index contributed by atoms with van der Waals surface area (Å²) >= 11 is 5.66. The number of benzene rings is 1. The molecule has 0 radical (unpaired) electrons. The minimum atomic E-state index is -0.362. The number of carbonyl (C=O) groups excluding carboxylic acids is 1. The van der Waals surface area contributed by atoms with Gasteiger partial charge in [-0.15, -0.1) is 0 Å². The molecule has 0 saturated heterocycles. The van der Waals surface area contributed by atoms with Gasteiger partial charge in [0.05, 0.1) is 19.8 Å². The van der Waals surface area contributed by atoms with Gasteiger partial charge in [0, 0.05) is 12.3 Å². The van der Waals surface area contributed by atoms with E-state index in [2.05, 4.69) is 15.3 Å². The molecule has 20 heavy (non-hydrogen) atoms. The van der Waals surface area contributed by atoms with E-state index in [1.54, 1.807) is 24.3 Å². The lowest BCUT2D eigenvalue weighted by Gasteiger charge is -2.10. The van der Waals surface area contributed by atoms with Crippen LogP contribution >= 0.6 is 11.6 Å². The maximum atomic E-state index is 12.2. The van der Waals surface area contributed by atoms with Crippen LogP contribution in [0.1, 0.15) is 10.4 Å². The number of anilines is 1. The van der Waals surface area contributed by atoms with Crippen LogP contribution in [0.3, 0.4) is 0 Å². The number of nitrogens with one attached hydrogen (secondary N) is 1. The minimum absolute atomic E-state index is 0.0597. The normalized spacial score (nSPS) is 9.95. The third-order valence-corrected chi connectivity index (χ3v) is 2.70. The highest BCUT2D eigenvalue weighted by Crippen LogP contribution is 2.25. The van der Waals surface area contributed by atoms with Crippen LogP contribution in [0, 0.1) is 0 Å². The maximum absolute atomic E-state index is 12.2.